The van der Waals surface area contributed by atoms with Crippen molar-refractivity contribution >= 4 is 28.8 Å². The molecule has 0 spiro atoms. The third-order valence-electron chi connectivity index (χ3n) is 6.64. The van der Waals surface area contributed by atoms with E-state index in [2.05, 4.69) is 32.6 Å². The molecule has 1 aromatic heterocycles. The number of piperazine rings is 1. The van der Waals surface area contributed by atoms with Gasteiger partial charge in [-0.2, -0.15) is 0 Å². The van der Waals surface area contributed by atoms with Gasteiger partial charge < -0.3 is 25.0 Å². The van der Waals surface area contributed by atoms with E-state index in [-0.39, 0.29) is 18.6 Å². The quantitative estimate of drug-likeness (QED) is 0.419. The highest BCUT2D eigenvalue weighted by molar-refractivity contribution is 7.10. The van der Waals surface area contributed by atoms with Crippen molar-refractivity contribution in [3.05, 3.63) is 76.5 Å². The van der Waals surface area contributed by atoms with E-state index in [0.717, 1.165) is 48.1 Å². The molecule has 0 aliphatic carbocycles. The van der Waals surface area contributed by atoms with E-state index >= 15 is 0 Å². The monoisotopic (exact) mass is 522 g/mol. The lowest BCUT2D eigenvalue weighted by molar-refractivity contribution is -0.140. The number of methoxy groups -OCH3 is 2. The average molecular weight is 523 g/mol. The molecule has 2 unspecified atom stereocenters. The van der Waals surface area contributed by atoms with E-state index in [4.69, 9.17) is 9.47 Å². The lowest BCUT2D eigenvalue weighted by Gasteiger charge is -2.42. The lowest BCUT2D eigenvalue weighted by Crippen LogP contribution is -2.53. The molecule has 9 heteroatoms. The zero-order valence-corrected chi connectivity index (χ0v) is 22.3. The number of hydrogen-bond acceptors (Lipinski definition) is 7. The van der Waals surface area contributed by atoms with Gasteiger partial charge in [-0.3, -0.25) is 14.5 Å². The van der Waals surface area contributed by atoms with Crippen molar-refractivity contribution in [2.45, 2.75) is 25.6 Å². The molecule has 2 atom stereocenters. The Hall–Kier alpha value is -3.56. The maximum atomic E-state index is 12.8. The van der Waals surface area contributed by atoms with Crippen LogP contribution >= 0.6 is 11.3 Å². The van der Waals surface area contributed by atoms with Gasteiger partial charge in [-0.05, 0) is 36.6 Å². The summed E-state index contributed by atoms with van der Waals surface area (Å²) >= 11 is 1.66. The molecule has 1 saturated heterocycles. The van der Waals surface area contributed by atoms with Crippen LogP contribution in [0.3, 0.4) is 0 Å². The van der Waals surface area contributed by atoms with Gasteiger partial charge >= 0.3 is 11.8 Å². The van der Waals surface area contributed by atoms with Crippen LogP contribution < -0.4 is 25.0 Å². The first-order chi connectivity index (χ1) is 18.0. The number of thiophene rings is 1. The zero-order chi connectivity index (χ0) is 26.2. The highest BCUT2D eigenvalue weighted by atomic mass is 32.1. The second kappa shape index (κ2) is 12.6. The van der Waals surface area contributed by atoms with Gasteiger partial charge in [0.1, 0.15) is 11.5 Å². The smallest absolute Gasteiger partial charge is 0.309 e. The molecule has 3 aromatic rings. The van der Waals surface area contributed by atoms with Crippen LogP contribution in [0.5, 0.6) is 11.5 Å². The summed E-state index contributed by atoms with van der Waals surface area (Å²) in [4.78, 5) is 31.3. The van der Waals surface area contributed by atoms with Gasteiger partial charge in [-0.1, -0.05) is 36.4 Å². The second-order valence-electron chi connectivity index (χ2n) is 8.91. The third kappa shape index (κ3) is 6.42. The largest absolute Gasteiger partial charge is 0.496 e. The number of benzene rings is 2. The van der Waals surface area contributed by atoms with Crippen LogP contribution in [0.25, 0.3) is 0 Å². The van der Waals surface area contributed by atoms with Crippen molar-refractivity contribution in [2.75, 3.05) is 45.3 Å². The minimum atomic E-state index is -0.663. The maximum absolute atomic E-state index is 12.8. The molecule has 2 N–H and O–H groups in total. The fraction of sp³-hybridized carbons (Fsp3) is 0.357. The third-order valence-corrected chi connectivity index (χ3v) is 7.58. The van der Waals surface area contributed by atoms with E-state index in [9.17, 15) is 9.59 Å². The lowest BCUT2D eigenvalue weighted by atomic mass is 10.0. The predicted molar refractivity (Wildman–Crippen MR) is 146 cm³/mol. The highest BCUT2D eigenvalue weighted by Crippen LogP contribution is 2.32. The fourth-order valence-electron chi connectivity index (χ4n) is 4.79. The number of carbonyl (C=O) groups is 2. The SMILES string of the molecule is COc1ccccc1CNC(=O)C(=O)NC(C)C(c1cccs1)N1CCN(c2ccccc2OC)CC1. The Labute approximate surface area is 222 Å². The standard InChI is InChI=1S/C28H34N4O4S/c1-20(30-28(34)27(33)29-19-21-9-4-6-11-23(21)35-2)26(25-13-8-18-37-25)32-16-14-31(15-17-32)22-10-5-7-12-24(22)36-3/h4-13,18,20,26H,14-17,19H2,1-3H3,(H,29,33)(H,30,34). The molecule has 0 saturated carbocycles. The van der Waals surface area contributed by atoms with Crippen molar-refractivity contribution in [1.82, 2.24) is 15.5 Å². The number of rotatable bonds is 9. The number of anilines is 1. The van der Waals surface area contributed by atoms with Crippen LogP contribution in [-0.2, 0) is 16.1 Å². The van der Waals surface area contributed by atoms with Gasteiger partial charge in [0, 0.05) is 49.2 Å². The van der Waals surface area contributed by atoms with Gasteiger partial charge in [0.25, 0.3) is 0 Å². The van der Waals surface area contributed by atoms with Crippen molar-refractivity contribution in [3.63, 3.8) is 0 Å². The first-order valence-electron chi connectivity index (χ1n) is 12.4. The number of para-hydroxylation sites is 3. The van der Waals surface area contributed by atoms with Crippen LogP contribution in [0.15, 0.2) is 66.0 Å². The van der Waals surface area contributed by atoms with Gasteiger partial charge in [-0.25, -0.2) is 0 Å². The normalized spacial score (nSPS) is 15.5. The van der Waals surface area contributed by atoms with Gasteiger partial charge in [0.05, 0.1) is 25.9 Å². The Morgan fingerprint density at radius 2 is 1.57 bits per heavy atom. The summed E-state index contributed by atoms with van der Waals surface area (Å²) in [6, 6.07) is 19.3. The van der Waals surface area contributed by atoms with E-state index in [1.54, 1.807) is 25.6 Å². The molecule has 8 nitrogen and oxygen atoms in total. The molecule has 196 valence electrons. The van der Waals surface area contributed by atoms with Crippen molar-refractivity contribution < 1.29 is 19.1 Å². The molecular weight excluding hydrogens is 488 g/mol. The van der Waals surface area contributed by atoms with Gasteiger partial charge in [0.15, 0.2) is 0 Å². The molecule has 2 amide bonds. The minimum Gasteiger partial charge on any atom is -0.496 e. The van der Waals surface area contributed by atoms with Crippen molar-refractivity contribution in [1.29, 1.82) is 0 Å². The molecule has 4 rings (SSSR count). The first kappa shape index (κ1) is 26.5. The van der Waals surface area contributed by atoms with Gasteiger partial charge in [0.2, 0.25) is 0 Å². The molecular formula is C28H34N4O4S. The van der Waals surface area contributed by atoms with E-state index in [1.807, 2.05) is 60.8 Å². The molecule has 0 bridgehead atoms. The van der Waals surface area contributed by atoms with Crippen molar-refractivity contribution in [3.8, 4) is 11.5 Å². The Balaban J connectivity index is 1.38. The number of carbonyl (C=O) groups excluding carboxylic acids is 2. The number of amides is 2. The first-order valence-corrected chi connectivity index (χ1v) is 13.3. The van der Waals surface area contributed by atoms with E-state index in [1.165, 1.54) is 0 Å². The molecule has 1 fully saturated rings. The Morgan fingerprint density at radius 1 is 0.892 bits per heavy atom. The molecule has 0 radical (unpaired) electrons. The Morgan fingerprint density at radius 3 is 2.24 bits per heavy atom. The predicted octanol–water partition coefficient (Wildman–Crippen LogP) is 3.45. The van der Waals surface area contributed by atoms with Crippen LogP contribution in [0.2, 0.25) is 0 Å². The Bertz CT molecular complexity index is 1180. The summed E-state index contributed by atoms with van der Waals surface area (Å²) in [7, 11) is 3.27. The molecule has 2 heterocycles. The fourth-order valence-corrected chi connectivity index (χ4v) is 5.75. The second-order valence-corrected chi connectivity index (χ2v) is 9.89. The molecule has 2 aromatic carbocycles. The number of ether oxygens (including phenoxy) is 2. The van der Waals surface area contributed by atoms with E-state index < -0.39 is 11.8 Å². The summed E-state index contributed by atoms with van der Waals surface area (Å²) < 4.78 is 10.9. The summed E-state index contributed by atoms with van der Waals surface area (Å²) in [5, 5.41) is 7.69. The summed E-state index contributed by atoms with van der Waals surface area (Å²) in [5.41, 5.74) is 1.90. The molecule has 37 heavy (non-hydrogen) atoms. The summed E-state index contributed by atoms with van der Waals surface area (Å²) in [6.45, 7) is 5.48. The Kier molecular flexibility index (Phi) is 9.03. The van der Waals surface area contributed by atoms with Crippen LogP contribution in [0.4, 0.5) is 5.69 Å². The topological polar surface area (TPSA) is 83.1 Å². The number of nitrogens with one attached hydrogen (secondary N) is 2. The summed E-state index contributed by atoms with van der Waals surface area (Å²) in [6.07, 6.45) is 0. The highest BCUT2D eigenvalue weighted by Gasteiger charge is 2.32. The molecule has 1 aliphatic heterocycles. The molecule has 1 aliphatic rings. The van der Waals surface area contributed by atoms with E-state index in [0.29, 0.717) is 5.75 Å². The van der Waals surface area contributed by atoms with Crippen LogP contribution in [0.1, 0.15) is 23.4 Å². The number of hydrogen-bond donors (Lipinski definition) is 2. The van der Waals surface area contributed by atoms with Crippen LogP contribution in [0, 0.1) is 0 Å². The minimum absolute atomic E-state index is 0.0363. The maximum Gasteiger partial charge on any atom is 0.309 e. The zero-order valence-electron chi connectivity index (χ0n) is 21.5. The van der Waals surface area contributed by atoms with Gasteiger partial charge in [-0.15, -0.1) is 11.3 Å². The average Bonchev–Trinajstić information content (AvgIpc) is 3.46. The van der Waals surface area contributed by atoms with Crippen LogP contribution in [-0.4, -0.2) is 63.2 Å². The number of nitrogens with zero attached hydrogens (tertiary/aromatic N) is 2. The van der Waals surface area contributed by atoms with Crippen molar-refractivity contribution in [2.24, 2.45) is 0 Å². The summed E-state index contributed by atoms with van der Waals surface area (Å²) in [5.74, 6) is 0.229.